The number of hydrazone groups is 1. The molecule has 2 atom stereocenters. The summed E-state index contributed by atoms with van der Waals surface area (Å²) in [6.45, 7) is 4.14. The monoisotopic (exact) mass is 457 g/mol. The third-order valence-electron chi connectivity index (χ3n) is 6.38. The topological polar surface area (TPSA) is 44.7 Å². The number of carbonyl (C=O) groups excluding carboxylic acids is 1. The number of hydrogen-bond acceptors (Lipinski definition) is 3. The Morgan fingerprint density at radius 2 is 1.71 bits per heavy atom. The van der Waals surface area contributed by atoms with E-state index >= 15 is 0 Å². The number of nitrogens with one attached hydrogen (secondary N) is 1. The normalized spacial score (nSPS) is 22.2. The maximum absolute atomic E-state index is 13.3. The zero-order valence-corrected chi connectivity index (χ0v) is 19.6. The number of rotatable bonds is 4. The van der Waals surface area contributed by atoms with Gasteiger partial charge in [-0.2, -0.15) is 5.10 Å². The lowest BCUT2D eigenvalue weighted by Crippen LogP contribution is -2.40. The molecule has 1 aliphatic carbocycles. The van der Waals surface area contributed by atoms with Gasteiger partial charge in [0.1, 0.15) is 5.71 Å². The molecule has 31 heavy (non-hydrogen) atoms. The zero-order valence-electron chi connectivity index (χ0n) is 18.1. The molecule has 0 bridgehead atoms. The van der Waals surface area contributed by atoms with E-state index in [2.05, 4.69) is 43.4 Å². The zero-order chi connectivity index (χ0) is 22.0. The van der Waals surface area contributed by atoms with Gasteiger partial charge in [-0.05, 0) is 43.5 Å². The van der Waals surface area contributed by atoms with Gasteiger partial charge in [-0.15, -0.1) is 0 Å². The average molecular weight is 458 g/mol. The molecule has 0 radical (unpaired) electrons. The minimum Gasteiger partial charge on any atom is -0.348 e. The second-order valence-corrected chi connectivity index (χ2v) is 9.58. The summed E-state index contributed by atoms with van der Waals surface area (Å²) in [6, 6.07) is 13.9. The number of hydrogen-bond donors (Lipinski definition) is 1. The number of anilines is 1. The molecule has 1 aliphatic heterocycles. The molecule has 1 N–H and O–H groups in total. The first-order valence-corrected chi connectivity index (χ1v) is 11.9. The number of benzene rings is 2. The van der Waals surface area contributed by atoms with E-state index < -0.39 is 0 Å². The molecule has 1 amide bonds. The summed E-state index contributed by atoms with van der Waals surface area (Å²) in [6.07, 6.45) is 6.93. The lowest BCUT2D eigenvalue weighted by molar-refractivity contribution is -0.115. The van der Waals surface area contributed by atoms with Crippen molar-refractivity contribution in [3.63, 3.8) is 0 Å². The summed E-state index contributed by atoms with van der Waals surface area (Å²) in [5, 5.41) is 11.0. The van der Waals surface area contributed by atoms with Gasteiger partial charge in [-0.3, -0.25) is 9.80 Å². The second-order valence-electron chi connectivity index (χ2n) is 8.73. The Hall–Kier alpha value is -2.04. The molecular weight excluding hydrogens is 429 g/mol. The van der Waals surface area contributed by atoms with Crippen molar-refractivity contribution in [2.24, 2.45) is 11.0 Å². The van der Waals surface area contributed by atoms with Crippen molar-refractivity contribution < 1.29 is 4.79 Å². The summed E-state index contributed by atoms with van der Waals surface area (Å²) in [5.74, 6) is -0.149. The molecule has 0 spiro atoms. The third-order valence-corrected chi connectivity index (χ3v) is 6.92. The Kier molecular flexibility index (Phi) is 6.88. The van der Waals surface area contributed by atoms with Crippen LogP contribution in [0.3, 0.4) is 0 Å². The van der Waals surface area contributed by atoms with Crippen LogP contribution in [0.15, 0.2) is 47.6 Å². The quantitative estimate of drug-likeness (QED) is 0.519. The van der Waals surface area contributed by atoms with Crippen LogP contribution in [0.5, 0.6) is 0 Å². The Balaban J connectivity index is 1.66. The van der Waals surface area contributed by atoms with Gasteiger partial charge in [0.2, 0.25) is 0 Å². The van der Waals surface area contributed by atoms with E-state index in [9.17, 15) is 4.79 Å². The second kappa shape index (κ2) is 9.62. The van der Waals surface area contributed by atoms with E-state index in [0.29, 0.717) is 15.8 Å². The average Bonchev–Trinajstić information content (AvgIpc) is 2.89. The van der Waals surface area contributed by atoms with Crippen LogP contribution in [0, 0.1) is 12.8 Å². The van der Waals surface area contributed by atoms with Crippen molar-refractivity contribution in [1.82, 2.24) is 5.32 Å². The number of halogens is 2. The molecule has 4 nitrogen and oxygen atoms in total. The highest BCUT2D eigenvalue weighted by molar-refractivity contribution is 6.41. The maximum atomic E-state index is 13.3. The van der Waals surface area contributed by atoms with Gasteiger partial charge in [0.15, 0.2) is 0 Å². The van der Waals surface area contributed by atoms with Crippen LogP contribution in [0.4, 0.5) is 5.69 Å². The molecule has 2 aromatic rings. The molecular formula is C25H29Cl2N3O. The molecule has 6 heteroatoms. The first-order valence-electron chi connectivity index (χ1n) is 11.1. The third kappa shape index (κ3) is 4.91. The Bertz CT molecular complexity index is 965. The molecule has 164 valence electrons. The summed E-state index contributed by atoms with van der Waals surface area (Å²) >= 11 is 12.7. The Morgan fingerprint density at radius 3 is 2.35 bits per heavy atom. The fourth-order valence-electron chi connectivity index (χ4n) is 4.63. The van der Waals surface area contributed by atoms with Gasteiger partial charge in [0, 0.05) is 17.0 Å². The van der Waals surface area contributed by atoms with E-state index in [0.717, 1.165) is 24.1 Å². The molecule has 0 saturated heterocycles. The summed E-state index contributed by atoms with van der Waals surface area (Å²) in [5.41, 5.74) is 3.60. The predicted octanol–water partition coefficient (Wildman–Crippen LogP) is 6.69. The molecule has 1 saturated carbocycles. The van der Waals surface area contributed by atoms with Gasteiger partial charge in [-0.1, -0.05) is 85.6 Å². The molecule has 2 aromatic carbocycles. The predicted molar refractivity (Wildman–Crippen MR) is 129 cm³/mol. The summed E-state index contributed by atoms with van der Waals surface area (Å²) < 4.78 is 0. The van der Waals surface area contributed by atoms with Gasteiger partial charge in [0.05, 0.1) is 16.8 Å². The van der Waals surface area contributed by atoms with Crippen LogP contribution in [0.2, 0.25) is 10.0 Å². The minimum absolute atomic E-state index is 0.0657. The lowest BCUT2D eigenvalue weighted by Gasteiger charge is -2.27. The molecule has 4 rings (SSSR count). The van der Waals surface area contributed by atoms with Gasteiger partial charge in [0.25, 0.3) is 5.91 Å². The van der Waals surface area contributed by atoms with E-state index in [4.69, 9.17) is 28.3 Å². The lowest BCUT2D eigenvalue weighted by atomic mass is 9.90. The van der Waals surface area contributed by atoms with Crippen LogP contribution in [0.1, 0.15) is 62.6 Å². The highest BCUT2D eigenvalue weighted by Gasteiger charge is 2.40. The molecule has 1 fully saturated rings. The van der Waals surface area contributed by atoms with Crippen LogP contribution in [0.25, 0.3) is 0 Å². The van der Waals surface area contributed by atoms with Crippen molar-refractivity contribution in [1.29, 1.82) is 0 Å². The van der Waals surface area contributed by atoms with Crippen molar-refractivity contribution in [2.75, 3.05) is 5.01 Å². The van der Waals surface area contributed by atoms with E-state index in [1.807, 2.05) is 11.1 Å². The van der Waals surface area contributed by atoms with Crippen LogP contribution in [-0.4, -0.2) is 17.7 Å². The molecule has 2 aliphatic rings. The number of carbonyl (C=O) groups is 1. The van der Waals surface area contributed by atoms with Crippen molar-refractivity contribution in [3.05, 3.63) is 63.6 Å². The molecule has 1 heterocycles. The molecule has 0 aromatic heterocycles. The Labute approximate surface area is 194 Å². The first kappa shape index (κ1) is 22.2. The van der Waals surface area contributed by atoms with Crippen LogP contribution in [-0.2, 0) is 4.79 Å². The number of amides is 1. The fraction of sp³-hybridized carbons (Fsp3) is 0.440. The Morgan fingerprint density at radius 1 is 1.03 bits per heavy atom. The van der Waals surface area contributed by atoms with Crippen molar-refractivity contribution in [2.45, 2.75) is 64.5 Å². The van der Waals surface area contributed by atoms with E-state index in [1.165, 1.54) is 31.2 Å². The summed E-state index contributed by atoms with van der Waals surface area (Å²) in [4.78, 5) is 13.3. The minimum atomic E-state index is -0.117. The fourth-order valence-corrected chi connectivity index (χ4v) is 5.13. The number of aryl methyl sites for hydroxylation is 1. The maximum Gasteiger partial charge on any atom is 0.268 e. The molecule has 2 unspecified atom stereocenters. The van der Waals surface area contributed by atoms with Crippen molar-refractivity contribution >= 4 is 40.5 Å². The van der Waals surface area contributed by atoms with Gasteiger partial charge < -0.3 is 5.32 Å². The smallest absolute Gasteiger partial charge is 0.268 e. The summed E-state index contributed by atoms with van der Waals surface area (Å²) in [7, 11) is 0. The standard InChI is InChI=1S/C25H29Cl2N3O/c1-16-9-11-18(12-10-16)24-17(2)23(25(31)28-20-7-5-3-4-6-8-20)29-30(24)22-14-13-19(26)15-21(22)27/h9-15,17,20,24H,3-8H2,1-2H3,(H,28,31). The first-order chi connectivity index (χ1) is 14.9. The highest BCUT2D eigenvalue weighted by Crippen LogP contribution is 2.42. The van der Waals surface area contributed by atoms with E-state index in [1.54, 1.807) is 12.1 Å². The van der Waals surface area contributed by atoms with E-state index in [-0.39, 0.29) is 23.9 Å². The van der Waals surface area contributed by atoms with Crippen LogP contribution >= 0.6 is 23.2 Å². The largest absolute Gasteiger partial charge is 0.348 e. The highest BCUT2D eigenvalue weighted by atomic mass is 35.5. The SMILES string of the molecule is Cc1ccc(C2C(C)C(C(=O)NC3CCCCCC3)=NN2c2ccc(Cl)cc2Cl)cc1. The van der Waals surface area contributed by atoms with Crippen LogP contribution < -0.4 is 10.3 Å². The number of nitrogens with zero attached hydrogens (tertiary/aromatic N) is 2. The van der Waals surface area contributed by atoms with Crippen molar-refractivity contribution in [3.8, 4) is 0 Å². The van der Waals surface area contributed by atoms with Gasteiger partial charge in [-0.25, -0.2) is 0 Å². The van der Waals surface area contributed by atoms with Gasteiger partial charge >= 0.3 is 0 Å².